The molecular weight excluding hydrogens is 1540 g/mol. The molecular formula is C88H85F3N20O9. The van der Waals surface area contributed by atoms with Crippen LogP contribution in [-0.2, 0) is 13.3 Å². The molecule has 1 N–H and O–H groups in total. The van der Waals surface area contributed by atoms with Crippen LogP contribution in [0.1, 0.15) is 133 Å². The molecule has 32 heteroatoms. The van der Waals surface area contributed by atoms with Gasteiger partial charge in [-0.3, -0.25) is 19.2 Å². The van der Waals surface area contributed by atoms with Crippen LogP contribution < -0.4 is 18.9 Å². The van der Waals surface area contributed by atoms with Gasteiger partial charge in [0.05, 0.1) is 89.2 Å². The van der Waals surface area contributed by atoms with Crippen LogP contribution in [0.2, 0.25) is 0 Å². The minimum atomic E-state index is -2.57. The number of amides is 4. The van der Waals surface area contributed by atoms with Crippen molar-refractivity contribution in [3.8, 4) is 57.9 Å². The number of fused-ring (bicyclic) bond motifs is 8. The first-order valence-electron chi connectivity index (χ1n) is 40.1. The third-order valence-corrected chi connectivity index (χ3v) is 23.3. The number of alkyl halides is 3. The molecule has 12 unspecified atom stereocenters. The van der Waals surface area contributed by atoms with Gasteiger partial charge >= 0.3 is 0 Å². The van der Waals surface area contributed by atoms with Crippen LogP contribution in [-0.4, -0.2) is 203 Å². The quantitative estimate of drug-likeness (QED) is 0.0786. The number of benzene rings is 2. The Kier molecular flexibility index (Phi) is 23.1. The number of para-hydroxylation sites is 2. The van der Waals surface area contributed by atoms with Crippen molar-refractivity contribution in [2.75, 3.05) is 26.2 Å². The molecule has 29 nitrogen and oxygen atoms in total. The second-order valence-corrected chi connectivity index (χ2v) is 31.3. The van der Waals surface area contributed by atoms with Crippen molar-refractivity contribution >= 4 is 23.6 Å². The van der Waals surface area contributed by atoms with Crippen LogP contribution in [0.3, 0.4) is 0 Å². The Hall–Kier alpha value is -13.4. The average molecular weight is 1620 g/mol. The molecule has 4 aliphatic carbocycles. The number of aryl methyl sites for hydroxylation is 3. The lowest BCUT2D eigenvalue weighted by molar-refractivity contribution is 0.0463. The van der Waals surface area contributed by atoms with Gasteiger partial charge in [-0.2, -0.15) is 30.0 Å². The van der Waals surface area contributed by atoms with Crippen LogP contribution in [0.15, 0.2) is 208 Å². The van der Waals surface area contributed by atoms with Crippen molar-refractivity contribution in [1.82, 2.24) is 99.4 Å². The number of piperidine rings is 4. The number of aliphatic hydroxyl groups excluding tert-OH is 1. The second-order valence-electron chi connectivity index (χ2n) is 31.3. The monoisotopic (exact) mass is 1620 g/mol. The van der Waals surface area contributed by atoms with E-state index in [9.17, 15) is 37.5 Å². The van der Waals surface area contributed by atoms with Crippen molar-refractivity contribution in [2.24, 2.45) is 23.7 Å². The molecule has 20 rings (SSSR count). The number of pyridine rings is 6. The largest absolute Gasteiger partial charge is 0.472 e. The molecule has 612 valence electrons. The molecule has 10 aromatic heterocycles. The number of likely N-dealkylation sites (tertiary alicyclic amines) is 4. The van der Waals surface area contributed by atoms with Crippen molar-refractivity contribution in [2.45, 2.75) is 140 Å². The highest BCUT2D eigenvalue weighted by Crippen LogP contribution is 2.46. The van der Waals surface area contributed by atoms with E-state index >= 15 is 0 Å². The number of aromatic nitrogens is 16. The van der Waals surface area contributed by atoms with E-state index in [1.54, 1.807) is 123 Å². The summed E-state index contributed by atoms with van der Waals surface area (Å²) >= 11 is 0. The molecule has 0 spiro atoms. The van der Waals surface area contributed by atoms with Crippen LogP contribution in [0.4, 0.5) is 13.2 Å². The summed E-state index contributed by atoms with van der Waals surface area (Å²) in [6.07, 6.45) is 23.1. The predicted molar refractivity (Wildman–Crippen MR) is 428 cm³/mol. The van der Waals surface area contributed by atoms with Crippen LogP contribution >= 0.6 is 0 Å². The average Bonchev–Trinajstić information content (AvgIpc) is 1.72. The maximum atomic E-state index is 13.5. The van der Waals surface area contributed by atoms with Gasteiger partial charge in [0.1, 0.15) is 42.5 Å². The number of rotatable bonds is 19. The predicted octanol–water partition coefficient (Wildman–Crippen LogP) is 11.7. The van der Waals surface area contributed by atoms with Crippen molar-refractivity contribution in [3.05, 3.63) is 264 Å². The summed E-state index contributed by atoms with van der Waals surface area (Å²) in [7, 11) is 0. The summed E-state index contributed by atoms with van der Waals surface area (Å²) in [5.74, 6) is 3.99. The topological polar surface area (TPSA) is 329 Å². The first-order chi connectivity index (χ1) is 58.5. The van der Waals surface area contributed by atoms with E-state index in [0.717, 1.165) is 93.2 Å². The van der Waals surface area contributed by atoms with Gasteiger partial charge in [-0.1, -0.05) is 30.3 Å². The molecule has 8 fully saturated rings. The first kappa shape index (κ1) is 79.1. The Morgan fingerprint density at radius 2 is 0.783 bits per heavy atom. The fourth-order valence-corrected chi connectivity index (χ4v) is 17.8. The molecule has 8 aliphatic rings. The summed E-state index contributed by atoms with van der Waals surface area (Å²) in [6.45, 7) is 7.97. The fraction of sp³-hybridized carbons (Fsp3) is 0.341. The zero-order valence-electron chi connectivity index (χ0n) is 65.8. The molecule has 4 saturated heterocycles. The maximum Gasteiger partial charge on any atom is 0.265 e. The number of carbonyl (C=O) groups is 4. The fourth-order valence-electron chi connectivity index (χ4n) is 17.8. The Morgan fingerprint density at radius 3 is 1.16 bits per heavy atom. The number of nitrogens with zero attached hydrogens (tertiary/aromatic N) is 20. The van der Waals surface area contributed by atoms with Gasteiger partial charge in [0.25, 0.3) is 30.1 Å². The zero-order valence-corrected chi connectivity index (χ0v) is 65.8. The molecule has 4 saturated carbocycles. The molecule has 12 atom stereocenters. The third-order valence-electron chi connectivity index (χ3n) is 23.3. The van der Waals surface area contributed by atoms with Gasteiger partial charge in [-0.25, -0.2) is 63.0 Å². The minimum absolute atomic E-state index is 0.00530. The minimum Gasteiger partial charge on any atom is -0.472 e. The van der Waals surface area contributed by atoms with E-state index < -0.39 is 13.1 Å². The summed E-state index contributed by atoms with van der Waals surface area (Å²) in [5, 5.41) is 26.0. The Balaban J connectivity index is 0.000000114. The van der Waals surface area contributed by atoms with Gasteiger partial charge in [-0.05, 0) is 191 Å². The Bertz CT molecular complexity index is 5450. The standard InChI is InChI=1S/C23H21F2N5O2.C23H23N5O2.C21H20FN5O2.C21H21N5O3/c1-13-3-5-16(20(29-13)22-26-7-2-8-27-22)23(31)30-12-14-9-17(30)18(10-14)32-19-6-4-15(11-28-19)21(24)25;1-14-4-7-20(26-12-14)30-19-11-16-10-18(19)28(13-16)23(29)17-6-5-15(2)27-21(17)22-24-8-3-9-25-22;22-12-14-5-6-23-20(11-14)29-19-10-15-9-18(19)26(13-15)21(28)16-3-1-2-4-17(16)27-24-7-8-25-27;27-13-14-5-6-22-20(11-14)29-19-10-15-9-18(19)25(12-15)21(28)16-3-1-2-4-17(16)26-23-7-8-24-26/h2-8,11,14,17-18,21H,9-10,12H2,1H3;3-9,12,16,18-19H,10-11,13H2,1-2H3;1-8,11,15,18-19H,9-10,12-13H2;1-8,11,15,18-19,27H,9-10,12-13H2. The molecule has 4 aliphatic heterocycles. The van der Waals surface area contributed by atoms with Crippen LogP contribution in [0.5, 0.6) is 23.5 Å². The van der Waals surface area contributed by atoms with Crippen molar-refractivity contribution in [3.63, 3.8) is 0 Å². The number of hydrogen-bond donors (Lipinski definition) is 1. The first-order valence-corrected chi connectivity index (χ1v) is 40.1. The lowest BCUT2D eigenvalue weighted by Gasteiger charge is -2.33. The van der Waals surface area contributed by atoms with Gasteiger partial charge in [-0.15, -0.1) is 0 Å². The number of halogens is 3. The Labute approximate surface area is 688 Å². The number of ether oxygens (including phenoxy) is 4. The zero-order chi connectivity index (χ0) is 82.5. The van der Waals surface area contributed by atoms with E-state index in [0.29, 0.717) is 117 Å². The number of hydrogen-bond acceptors (Lipinski definition) is 23. The van der Waals surface area contributed by atoms with Crippen LogP contribution in [0.25, 0.3) is 34.4 Å². The maximum absolute atomic E-state index is 13.5. The molecule has 120 heavy (non-hydrogen) atoms. The summed E-state index contributed by atoms with van der Waals surface area (Å²) < 4.78 is 62.8. The molecule has 2 aromatic carbocycles. The van der Waals surface area contributed by atoms with Gasteiger partial charge in [0.2, 0.25) is 23.5 Å². The summed E-state index contributed by atoms with van der Waals surface area (Å²) in [5.41, 5.74) is 8.26. The SMILES string of the molecule is Cc1ccc(C(=O)N2CC3CC(Oc4ccc(C(F)F)cn4)C2C3)c(-c2ncccn2)n1.Cc1ccc(OC2CC3CC2N(C(=O)c2ccc(C)nc2-c2ncccn2)C3)nc1.O=C(c1ccccc1-n1nccn1)N1CC2CC(Oc3cc(CF)ccn3)C1C2.O=C(c1ccccc1-n1nccn1)N1CC2CC(Oc3cc(CO)ccn3)C1C2. The lowest BCUT2D eigenvalue weighted by atomic mass is 10.0. The molecule has 12 aromatic rings. The summed E-state index contributed by atoms with van der Waals surface area (Å²) in [4.78, 5) is 107. The van der Waals surface area contributed by atoms with Crippen molar-refractivity contribution in [1.29, 1.82) is 0 Å². The normalized spacial score (nSPS) is 22.4. The Morgan fingerprint density at radius 1 is 0.400 bits per heavy atom. The van der Waals surface area contributed by atoms with Gasteiger partial charge in [0.15, 0.2) is 11.6 Å². The van der Waals surface area contributed by atoms with Crippen molar-refractivity contribution < 1.29 is 56.4 Å². The third kappa shape index (κ3) is 17.1. The van der Waals surface area contributed by atoms with E-state index in [1.807, 2.05) is 107 Å². The molecule has 14 heterocycles. The highest BCUT2D eigenvalue weighted by Gasteiger charge is 2.53. The van der Waals surface area contributed by atoms with E-state index in [-0.39, 0.29) is 90.3 Å². The molecule has 4 amide bonds. The molecule has 0 radical (unpaired) electrons. The summed E-state index contributed by atoms with van der Waals surface area (Å²) in [6, 6.07) is 38.8. The number of carbonyl (C=O) groups excluding carboxylic acids is 4. The van der Waals surface area contributed by atoms with Gasteiger partial charge < -0.3 is 43.7 Å². The van der Waals surface area contributed by atoms with Crippen LogP contribution in [0, 0.1) is 44.4 Å². The van der Waals surface area contributed by atoms with Gasteiger partial charge in [0, 0.05) is 117 Å². The highest BCUT2D eigenvalue weighted by molar-refractivity contribution is 6.01. The number of aliphatic hydroxyl groups is 1. The molecule has 8 bridgehead atoms. The lowest BCUT2D eigenvalue weighted by Crippen LogP contribution is -2.47. The highest BCUT2D eigenvalue weighted by atomic mass is 19.3. The van der Waals surface area contributed by atoms with E-state index in [1.165, 1.54) is 21.7 Å². The second kappa shape index (κ2) is 35.0. The van der Waals surface area contributed by atoms with E-state index in [2.05, 4.69) is 70.2 Å². The van der Waals surface area contributed by atoms with E-state index in [4.69, 9.17) is 18.9 Å². The smallest absolute Gasteiger partial charge is 0.265 e.